The SMILES string of the molecule is CCNC(=NCc1ccccc1OC)N1CCS(=O)(=O)C(C)(C)C1. The summed E-state index contributed by atoms with van der Waals surface area (Å²) in [7, 11) is -1.42. The van der Waals surface area contributed by atoms with Gasteiger partial charge in [0, 0.05) is 25.2 Å². The second kappa shape index (κ2) is 7.42. The molecule has 6 nitrogen and oxygen atoms in total. The van der Waals surface area contributed by atoms with E-state index in [4.69, 9.17) is 4.74 Å². The molecule has 1 aromatic rings. The van der Waals surface area contributed by atoms with Gasteiger partial charge in [-0.15, -0.1) is 0 Å². The summed E-state index contributed by atoms with van der Waals surface area (Å²) >= 11 is 0. The maximum Gasteiger partial charge on any atom is 0.194 e. The highest BCUT2D eigenvalue weighted by Crippen LogP contribution is 2.24. The molecule has 1 heterocycles. The Balaban J connectivity index is 2.20. The predicted molar refractivity (Wildman–Crippen MR) is 97.2 cm³/mol. The van der Waals surface area contributed by atoms with E-state index in [0.717, 1.165) is 23.8 Å². The van der Waals surface area contributed by atoms with Gasteiger partial charge in [0.15, 0.2) is 15.8 Å². The van der Waals surface area contributed by atoms with Crippen LogP contribution in [0.3, 0.4) is 0 Å². The normalized spacial score (nSPS) is 19.8. The molecular weight excluding hydrogens is 326 g/mol. The van der Waals surface area contributed by atoms with E-state index in [2.05, 4.69) is 10.3 Å². The van der Waals surface area contributed by atoms with Crippen LogP contribution in [0.2, 0.25) is 0 Å². The van der Waals surface area contributed by atoms with Gasteiger partial charge in [-0.1, -0.05) is 18.2 Å². The van der Waals surface area contributed by atoms with E-state index in [-0.39, 0.29) is 5.75 Å². The first kappa shape index (κ1) is 18.6. The van der Waals surface area contributed by atoms with Gasteiger partial charge in [-0.3, -0.25) is 0 Å². The van der Waals surface area contributed by atoms with Crippen molar-refractivity contribution in [3.05, 3.63) is 29.8 Å². The minimum Gasteiger partial charge on any atom is -0.496 e. The van der Waals surface area contributed by atoms with Crippen molar-refractivity contribution in [1.29, 1.82) is 0 Å². The van der Waals surface area contributed by atoms with Gasteiger partial charge in [0.25, 0.3) is 0 Å². The Hall–Kier alpha value is -1.76. The molecule has 1 saturated heterocycles. The molecule has 0 radical (unpaired) electrons. The number of benzene rings is 1. The second-order valence-electron chi connectivity index (χ2n) is 6.48. The molecule has 0 aliphatic carbocycles. The first-order chi connectivity index (χ1) is 11.3. The smallest absolute Gasteiger partial charge is 0.194 e. The van der Waals surface area contributed by atoms with E-state index in [1.54, 1.807) is 21.0 Å². The van der Waals surface area contributed by atoms with Crippen LogP contribution in [0.5, 0.6) is 5.75 Å². The van der Waals surface area contributed by atoms with Gasteiger partial charge in [0.1, 0.15) is 5.75 Å². The number of nitrogens with zero attached hydrogens (tertiary/aromatic N) is 2. The van der Waals surface area contributed by atoms with Gasteiger partial charge in [-0.2, -0.15) is 0 Å². The standard InChI is InChI=1S/C17H27N3O3S/c1-5-18-16(19-12-14-8-6-7-9-15(14)23-4)20-10-11-24(21,22)17(2,3)13-20/h6-9H,5,10-13H2,1-4H3,(H,18,19). The van der Waals surface area contributed by atoms with Gasteiger partial charge >= 0.3 is 0 Å². The summed E-state index contributed by atoms with van der Waals surface area (Å²) in [6.45, 7) is 7.67. The van der Waals surface area contributed by atoms with Crippen molar-refractivity contribution in [2.45, 2.75) is 32.1 Å². The predicted octanol–water partition coefficient (Wildman–Crippen LogP) is 1.67. The average Bonchev–Trinajstić information content (AvgIpc) is 2.54. The molecule has 0 unspecified atom stereocenters. The Morgan fingerprint density at radius 2 is 2.08 bits per heavy atom. The Labute approximate surface area is 144 Å². The molecule has 0 spiro atoms. The number of ether oxygens (including phenoxy) is 1. The molecule has 24 heavy (non-hydrogen) atoms. The molecule has 0 bridgehead atoms. The number of sulfone groups is 1. The third-order valence-electron chi connectivity index (χ3n) is 4.27. The van der Waals surface area contributed by atoms with Crippen LogP contribution >= 0.6 is 0 Å². The fourth-order valence-electron chi connectivity index (χ4n) is 2.74. The summed E-state index contributed by atoms with van der Waals surface area (Å²) in [6.07, 6.45) is 0. The van der Waals surface area contributed by atoms with Crippen molar-refractivity contribution in [1.82, 2.24) is 10.2 Å². The summed E-state index contributed by atoms with van der Waals surface area (Å²) in [4.78, 5) is 6.71. The van der Waals surface area contributed by atoms with E-state index in [1.807, 2.05) is 36.1 Å². The summed E-state index contributed by atoms with van der Waals surface area (Å²) in [6, 6.07) is 7.77. The van der Waals surface area contributed by atoms with Crippen LogP contribution in [-0.4, -0.2) is 56.5 Å². The molecule has 1 aliphatic rings. The fourth-order valence-corrected chi connectivity index (χ4v) is 4.11. The van der Waals surface area contributed by atoms with E-state index in [0.29, 0.717) is 19.6 Å². The van der Waals surface area contributed by atoms with E-state index >= 15 is 0 Å². The maximum atomic E-state index is 12.2. The van der Waals surface area contributed by atoms with Gasteiger partial charge in [0.05, 0.1) is 24.2 Å². The molecule has 0 atom stereocenters. The van der Waals surface area contributed by atoms with Crippen molar-refractivity contribution in [2.24, 2.45) is 4.99 Å². The number of nitrogens with one attached hydrogen (secondary N) is 1. The van der Waals surface area contributed by atoms with Gasteiger partial charge in [-0.05, 0) is 26.8 Å². The zero-order chi connectivity index (χ0) is 17.8. The number of para-hydroxylation sites is 1. The summed E-state index contributed by atoms with van der Waals surface area (Å²) in [5, 5.41) is 3.27. The molecule has 1 aromatic carbocycles. The fraction of sp³-hybridized carbons (Fsp3) is 0.588. The minimum absolute atomic E-state index is 0.152. The maximum absolute atomic E-state index is 12.2. The zero-order valence-electron chi connectivity index (χ0n) is 14.9. The molecule has 7 heteroatoms. The quantitative estimate of drug-likeness (QED) is 0.659. The lowest BCUT2D eigenvalue weighted by molar-refractivity contribution is 0.353. The number of guanidine groups is 1. The molecule has 134 valence electrons. The Kier molecular flexibility index (Phi) is 5.74. The van der Waals surface area contributed by atoms with Crippen molar-refractivity contribution < 1.29 is 13.2 Å². The highest BCUT2D eigenvalue weighted by molar-refractivity contribution is 7.92. The van der Waals surface area contributed by atoms with Crippen LogP contribution in [0, 0.1) is 0 Å². The van der Waals surface area contributed by atoms with Crippen LogP contribution in [0.4, 0.5) is 0 Å². The Morgan fingerprint density at radius 1 is 1.38 bits per heavy atom. The van der Waals surface area contributed by atoms with Crippen LogP contribution in [0.15, 0.2) is 29.3 Å². The number of aliphatic imine (C=N–C) groups is 1. The summed E-state index contributed by atoms with van der Waals surface area (Å²) < 4.78 is 29.0. The van der Waals surface area contributed by atoms with Gasteiger partial charge < -0.3 is 15.0 Å². The third-order valence-corrected chi connectivity index (χ3v) is 6.80. The van der Waals surface area contributed by atoms with Gasteiger partial charge in [-0.25, -0.2) is 13.4 Å². The van der Waals surface area contributed by atoms with Crippen molar-refractivity contribution in [3.63, 3.8) is 0 Å². The van der Waals surface area contributed by atoms with Crippen molar-refractivity contribution in [2.75, 3.05) is 32.5 Å². The third kappa shape index (κ3) is 4.01. The minimum atomic E-state index is -3.06. The lowest BCUT2D eigenvalue weighted by Crippen LogP contribution is -2.57. The number of hydrogen-bond acceptors (Lipinski definition) is 4. The molecule has 0 aromatic heterocycles. The van der Waals surface area contributed by atoms with E-state index in [9.17, 15) is 8.42 Å². The summed E-state index contributed by atoms with van der Waals surface area (Å²) in [5.41, 5.74) is 0.999. The molecule has 1 fully saturated rings. The molecule has 0 saturated carbocycles. The highest BCUT2D eigenvalue weighted by atomic mass is 32.2. The number of hydrogen-bond donors (Lipinski definition) is 1. The average molecular weight is 353 g/mol. The number of rotatable bonds is 4. The topological polar surface area (TPSA) is 71.0 Å². The molecule has 1 N–H and O–H groups in total. The number of methoxy groups -OCH3 is 1. The molecule has 0 amide bonds. The first-order valence-corrected chi connectivity index (χ1v) is 9.83. The summed E-state index contributed by atoms with van der Waals surface area (Å²) in [5.74, 6) is 1.70. The van der Waals surface area contributed by atoms with Crippen LogP contribution in [-0.2, 0) is 16.4 Å². The van der Waals surface area contributed by atoms with Crippen LogP contribution in [0.25, 0.3) is 0 Å². The molecule has 2 rings (SSSR count). The van der Waals surface area contributed by atoms with Gasteiger partial charge in [0.2, 0.25) is 0 Å². The van der Waals surface area contributed by atoms with Crippen LogP contribution in [0.1, 0.15) is 26.3 Å². The second-order valence-corrected chi connectivity index (χ2v) is 9.23. The zero-order valence-corrected chi connectivity index (χ0v) is 15.7. The largest absolute Gasteiger partial charge is 0.496 e. The monoisotopic (exact) mass is 353 g/mol. The Bertz CT molecular complexity index is 699. The molecular formula is C17H27N3O3S. The van der Waals surface area contributed by atoms with E-state index in [1.165, 1.54) is 0 Å². The van der Waals surface area contributed by atoms with Crippen LogP contribution < -0.4 is 10.1 Å². The Morgan fingerprint density at radius 3 is 2.71 bits per heavy atom. The lowest BCUT2D eigenvalue weighted by Gasteiger charge is -2.39. The highest BCUT2D eigenvalue weighted by Gasteiger charge is 2.40. The van der Waals surface area contributed by atoms with E-state index < -0.39 is 14.6 Å². The lowest BCUT2D eigenvalue weighted by atomic mass is 10.2. The van der Waals surface area contributed by atoms with Crippen molar-refractivity contribution >= 4 is 15.8 Å². The first-order valence-electron chi connectivity index (χ1n) is 8.18. The molecule has 1 aliphatic heterocycles. The van der Waals surface area contributed by atoms with Crippen molar-refractivity contribution in [3.8, 4) is 5.75 Å².